The van der Waals surface area contributed by atoms with E-state index >= 15 is 0 Å². The third-order valence-electron chi connectivity index (χ3n) is 5.93. The van der Waals surface area contributed by atoms with E-state index in [0.717, 1.165) is 17.7 Å². The normalized spacial score (nSPS) is 27.3. The number of amides is 4. The highest BCUT2D eigenvalue weighted by molar-refractivity contribution is 6.09. The van der Waals surface area contributed by atoms with E-state index in [1.165, 1.54) is 24.3 Å². The number of likely N-dealkylation sites (tertiary alicyclic amines) is 1. The summed E-state index contributed by atoms with van der Waals surface area (Å²) in [5, 5.41) is 2.81. The van der Waals surface area contributed by atoms with E-state index in [1.54, 1.807) is 4.90 Å². The van der Waals surface area contributed by atoms with Crippen molar-refractivity contribution in [1.29, 1.82) is 0 Å². The molecule has 0 unspecified atom stereocenters. The average molecular weight is 403 g/mol. The molecule has 0 saturated carbocycles. The number of hydrogen-bond donors (Lipinski definition) is 1. The summed E-state index contributed by atoms with van der Waals surface area (Å²) in [5.74, 6) is -0.259. The van der Waals surface area contributed by atoms with Crippen molar-refractivity contribution in [3.8, 4) is 0 Å². The second kappa shape index (κ2) is 8.51. The van der Waals surface area contributed by atoms with Crippen LogP contribution in [0.4, 0.5) is 9.18 Å². The Morgan fingerprint density at radius 2 is 1.79 bits per heavy atom. The fraction of sp³-hybridized carbons (Fsp3) is 0.591. The molecule has 4 amide bonds. The number of carbonyl (C=O) groups is 3. The van der Waals surface area contributed by atoms with E-state index in [1.807, 2.05) is 6.92 Å². The van der Waals surface area contributed by atoms with Crippen LogP contribution < -0.4 is 5.32 Å². The second-order valence-corrected chi connectivity index (χ2v) is 8.58. The summed E-state index contributed by atoms with van der Waals surface area (Å²) >= 11 is 0. The van der Waals surface area contributed by atoms with Crippen molar-refractivity contribution >= 4 is 17.8 Å². The number of carbonyl (C=O) groups excluding carboxylic acids is 3. The lowest BCUT2D eigenvalue weighted by atomic mass is 9.84. The average Bonchev–Trinajstić information content (AvgIpc) is 2.91. The minimum absolute atomic E-state index is 0.211. The Morgan fingerprint density at radius 3 is 2.38 bits per heavy atom. The Kier molecular flexibility index (Phi) is 6.24. The summed E-state index contributed by atoms with van der Waals surface area (Å²) in [6, 6.07) is 5.06. The fourth-order valence-corrected chi connectivity index (χ4v) is 4.56. The number of benzene rings is 1. The van der Waals surface area contributed by atoms with Gasteiger partial charge < -0.3 is 10.2 Å². The Hall–Kier alpha value is -2.44. The molecule has 3 atom stereocenters. The van der Waals surface area contributed by atoms with E-state index in [0.29, 0.717) is 43.3 Å². The van der Waals surface area contributed by atoms with Crippen LogP contribution in [0.1, 0.15) is 52.0 Å². The van der Waals surface area contributed by atoms with Crippen LogP contribution in [-0.2, 0) is 15.1 Å². The van der Waals surface area contributed by atoms with Crippen molar-refractivity contribution in [2.75, 3.05) is 19.6 Å². The predicted molar refractivity (Wildman–Crippen MR) is 107 cm³/mol. The van der Waals surface area contributed by atoms with Crippen molar-refractivity contribution < 1.29 is 18.8 Å². The van der Waals surface area contributed by atoms with Crippen LogP contribution >= 0.6 is 0 Å². The molecule has 0 spiro atoms. The molecule has 2 heterocycles. The number of halogens is 1. The molecular weight excluding hydrogens is 373 g/mol. The van der Waals surface area contributed by atoms with Crippen LogP contribution in [0, 0.1) is 17.7 Å². The van der Waals surface area contributed by atoms with Crippen LogP contribution in [0.25, 0.3) is 0 Å². The first-order valence-electron chi connectivity index (χ1n) is 10.4. The number of urea groups is 1. The number of imide groups is 1. The van der Waals surface area contributed by atoms with Crippen LogP contribution in [0.15, 0.2) is 24.3 Å². The number of unbranched alkanes of at least 4 members (excludes halogenated alkanes) is 1. The van der Waals surface area contributed by atoms with Crippen molar-refractivity contribution in [3.63, 3.8) is 0 Å². The minimum Gasteiger partial charge on any atom is -0.341 e. The molecule has 1 aromatic carbocycles. The van der Waals surface area contributed by atoms with Gasteiger partial charge in [0.25, 0.3) is 5.91 Å². The monoisotopic (exact) mass is 403 g/mol. The lowest BCUT2D eigenvalue weighted by molar-refractivity contribution is -0.140. The zero-order valence-electron chi connectivity index (χ0n) is 17.4. The molecule has 3 rings (SSSR count). The number of nitrogens with one attached hydrogen (secondary N) is 1. The third kappa shape index (κ3) is 4.28. The maximum Gasteiger partial charge on any atom is 0.325 e. The Bertz CT molecular complexity index is 772. The molecule has 1 aromatic rings. The van der Waals surface area contributed by atoms with Gasteiger partial charge in [0.05, 0.1) is 0 Å². The molecule has 0 radical (unpaired) electrons. The van der Waals surface area contributed by atoms with Crippen molar-refractivity contribution in [1.82, 2.24) is 15.1 Å². The second-order valence-electron chi connectivity index (χ2n) is 8.58. The highest BCUT2D eigenvalue weighted by atomic mass is 19.1. The number of piperidine rings is 1. The van der Waals surface area contributed by atoms with Crippen LogP contribution in [0.3, 0.4) is 0 Å². The number of rotatable bonds is 6. The van der Waals surface area contributed by atoms with Crippen molar-refractivity contribution in [3.05, 3.63) is 35.6 Å². The van der Waals surface area contributed by atoms with Crippen LogP contribution in [-0.4, -0.2) is 47.3 Å². The first-order chi connectivity index (χ1) is 13.8. The molecule has 1 N–H and O–H groups in total. The van der Waals surface area contributed by atoms with Crippen LogP contribution in [0.2, 0.25) is 0 Å². The van der Waals surface area contributed by atoms with Gasteiger partial charge in [-0.25, -0.2) is 9.18 Å². The van der Waals surface area contributed by atoms with Crippen molar-refractivity contribution in [2.24, 2.45) is 11.8 Å². The van der Waals surface area contributed by atoms with Gasteiger partial charge in [-0.05, 0) is 42.4 Å². The zero-order valence-corrected chi connectivity index (χ0v) is 17.4. The van der Waals surface area contributed by atoms with Gasteiger partial charge in [-0.3, -0.25) is 14.5 Å². The Balaban J connectivity index is 1.82. The molecule has 0 aliphatic carbocycles. The first-order valence-corrected chi connectivity index (χ1v) is 10.4. The molecule has 0 bridgehead atoms. The molecule has 2 saturated heterocycles. The standard InChI is InChI=1S/C22H30FN3O3/c1-4-5-10-22(17-6-8-18(23)9-7-17)20(28)26(21(29)24-22)14-19(27)25-12-15(2)11-16(3)13-25/h6-9,15-16H,4-5,10-14H2,1-3H3,(H,24,29)/t15-,16-,22+/m0/s1. The van der Waals surface area contributed by atoms with Gasteiger partial charge in [0, 0.05) is 13.1 Å². The lowest BCUT2D eigenvalue weighted by Gasteiger charge is -2.35. The van der Waals surface area contributed by atoms with Gasteiger partial charge in [-0.1, -0.05) is 45.7 Å². The molecular formula is C22H30FN3O3. The maximum atomic E-state index is 13.4. The molecule has 7 heteroatoms. The van der Waals surface area contributed by atoms with Gasteiger partial charge in [0.2, 0.25) is 5.91 Å². The summed E-state index contributed by atoms with van der Waals surface area (Å²) in [4.78, 5) is 41.7. The molecule has 29 heavy (non-hydrogen) atoms. The predicted octanol–water partition coefficient (Wildman–Crippen LogP) is 3.27. The van der Waals surface area contributed by atoms with Crippen LogP contribution in [0.5, 0.6) is 0 Å². The number of nitrogens with zero attached hydrogens (tertiary/aromatic N) is 2. The van der Waals surface area contributed by atoms with E-state index in [-0.39, 0.29) is 12.5 Å². The molecule has 0 aromatic heterocycles. The van der Waals surface area contributed by atoms with E-state index in [9.17, 15) is 18.8 Å². The molecule has 2 aliphatic rings. The molecule has 2 aliphatic heterocycles. The van der Waals surface area contributed by atoms with Gasteiger partial charge in [0.15, 0.2) is 0 Å². The maximum absolute atomic E-state index is 13.4. The molecule has 2 fully saturated rings. The SMILES string of the molecule is CCCC[C@]1(c2ccc(F)cc2)NC(=O)N(CC(=O)N2C[C@@H](C)C[C@H](C)C2)C1=O. The summed E-state index contributed by atoms with van der Waals surface area (Å²) in [5.41, 5.74) is -0.704. The van der Waals surface area contributed by atoms with Gasteiger partial charge in [-0.2, -0.15) is 0 Å². The smallest absolute Gasteiger partial charge is 0.325 e. The van der Waals surface area contributed by atoms with E-state index in [2.05, 4.69) is 19.2 Å². The molecule has 158 valence electrons. The summed E-state index contributed by atoms with van der Waals surface area (Å²) < 4.78 is 13.4. The third-order valence-corrected chi connectivity index (χ3v) is 5.93. The summed E-state index contributed by atoms with van der Waals surface area (Å²) in [7, 11) is 0. The summed E-state index contributed by atoms with van der Waals surface area (Å²) in [6.07, 6.45) is 3.03. The van der Waals surface area contributed by atoms with Gasteiger partial charge in [0.1, 0.15) is 17.9 Å². The highest BCUT2D eigenvalue weighted by Gasteiger charge is 2.52. The zero-order chi connectivity index (χ0) is 21.2. The first kappa shape index (κ1) is 21.3. The van der Waals surface area contributed by atoms with Gasteiger partial charge in [-0.15, -0.1) is 0 Å². The van der Waals surface area contributed by atoms with Gasteiger partial charge >= 0.3 is 6.03 Å². The summed E-state index contributed by atoms with van der Waals surface area (Å²) in [6.45, 7) is 7.23. The topological polar surface area (TPSA) is 69.7 Å². The Labute approximate surface area is 171 Å². The minimum atomic E-state index is -1.25. The van der Waals surface area contributed by atoms with Crippen molar-refractivity contribution in [2.45, 2.75) is 52.0 Å². The lowest BCUT2D eigenvalue weighted by Crippen LogP contribution is -2.49. The quantitative estimate of drug-likeness (QED) is 0.741. The van der Waals surface area contributed by atoms with E-state index < -0.39 is 23.3 Å². The van der Waals surface area contributed by atoms with E-state index in [4.69, 9.17) is 0 Å². The highest BCUT2D eigenvalue weighted by Crippen LogP contribution is 2.34. The fourth-order valence-electron chi connectivity index (χ4n) is 4.56. The Morgan fingerprint density at radius 1 is 1.17 bits per heavy atom. The number of hydrogen-bond acceptors (Lipinski definition) is 3. The largest absolute Gasteiger partial charge is 0.341 e. The molecule has 6 nitrogen and oxygen atoms in total.